The van der Waals surface area contributed by atoms with Crippen molar-refractivity contribution in [3.63, 3.8) is 0 Å². The maximum absolute atomic E-state index is 11.0. The van der Waals surface area contributed by atoms with Crippen LogP contribution in [-0.2, 0) is 10.8 Å². The van der Waals surface area contributed by atoms with Crippen molar-refractivity contribution >= 4 is 38.1 Å². The Labute approximate surface area is 116 Å². The summed E-state index contributed by atoms with van der Waals surface area (Å²) in [7, 11) is -0.862. The zero-order valence-corrected chi connectivity index (χ0v) is 12.5. The number of hydrogen-bond acceptors (Lipinski definition) is 5. The molecule has 0 bridgehead atoms. The van der Waals surface area contributed by atoms with Gasteiger partial charge >= 0.3 is 5.69 Å². The number of pyridine rings is 1. The Hall–Kier alpha value is -1.02. The van der Waals surface area contributed by atoms with E-state index in [-0.39, 0.29) is 11.7 Å². The first-order valence-corrected chi connectivity index (χ1v) is 7.78. The molecule has 100 valence electrons. The molecule has 0 aliphatic rings. The van der Waals surface area contributed by atoms with Gasteiger partial charge in [-0.2, -0.15) is 0 Å². The van der Waals surface area contributed by atoms with E-state index in [1.165, 1.54) is 12.4 Å². The largest absolute Gasteiger partial charge is 0.376 e. The molecule has 0 amide bonds. The van der Waals surface area contributed by atoms with Crippen molar-refractivity contribution in [1.82, 2.24) is 4.98 Å². The van der Waals surface area contributed by atoms with Gasteiger partial charge in [-0.15, -0.1) is 0 Å². The van der Waals surface area contributed by atoms with Crippen LogP contribution in [0.25, 0.3) is 0 Å². The van der Waals surface area contributed by atoms with Crippen LogP contribution in [0, 0.1) is 10.1 Å². The zero-order valence-electron chi connectivity index (χ0n) is 10.1. The van der Waals surface area contributed by atoms with Gasteiger partial charge in [-0.3, -0.25) is 19.3 Å². The number of anilines is 1. The molecule has 0 aliphatic heterocycles. The van der Waals surface area contributed by atoms with Crippen molar-refractivity contribution in [1.29, 1.82) is 0 Å². The predicted octanol–water partition coefficient (Wildman–Crippen LogP) is 2.32. The van der Waals surface area contributed by atoms with Crippen molar-refractivity contribution in [2.75, 3.05) is 17.3 Å². The molecule has 0 fully saturated rings. The van der Waals surface area contributed by atoms with Crippen molar-refractivity contribution in [3.05, 3.63) is 27.0 Å². The lowest BCUT2D eigenvalue weighted by molar-refractivity contribution is -0.384. The van der Waals surface area contributed by atoms with Gasteiger partial charge in [-0.25, -0.2) is 0 Å². The number of halogens is 1. The summed E-state index contributed by atoms with van der Waals surface area (Å²) in [6, 6.07) is -0.00806. The molecule has 2 atom stereocenters. The molecule has 1 rings (SSSR count). The highest BCUT2D eigenvalue weighted by Gasteiger charge is 2.18. The first-order chi connectivity index (χ1) is 8.41. The van der Waals surface area contributed by atoms with Crippen LogP contribution in [0.2, 0.25) is 0 Å². The fourth-order valence-corrected chi connectivity index (χ4v) is 2.49. The Bertz CT molecular complexity index is 470. The molecule has 1 heterocycles. The standard InChI is InChI=1S/C10H14BrN3O3S/c1-7(3-4-18(2)17)13-10-8(11)5-12-6-9(10)14(15)16/h5-7H,3-4H2,1-2H3,(H,12,13). The fourth-order valence-electron chi connectivity index (χ4n) is 1.37. The van der Waals surface area contributed by atoms with E-state index in [1.54, 1.807) is 6.26 Å². The molecule has 18 heavy (non-hydrogen) atoms. The summed E-state index contributed by atoms with van der Waals surface area (Å²) in [6.45, 7) is 1.89. The highest BCUT2D eigenvalue weighted by atomic mass is 79.9. The molecular weight excluding hydrogens is 322 g/mol. The average Bonchev–Trinajstić information content (AvgIpc) is 2.28. The molecule has 0 aromatic carbocycles. The number of nitro groups is 1. The van der Waals surface area contributed by atoms with Crippen molar-refractivity contribution in [3.8, 4) is 0 Å². The monoisotopic (exact) mass is 335 g/mol. The van der Waals surface area contributed by atoms with Crippen LogP contribution < -0.4 is 5.32 Å². The highest BCUT2D eigenvalue weighted by molar-refractivity contribution is 9.10. The van der Waals surface area contributed by atoms with Crippen LogP contribution >= 0.6 is 15.9 Å². The van der Waals surface area contributed by atoms with Crippen LogP contribution in [0.4, 0.5) is 11.4 Å². The summed E-state index contributed by atoms with van der Waals surface area (Å²) in [6.07, 6.45) is 5.02. The topological polar surface area (TPSA) is 85.1 Å². The molecule has 0 saturated heterocycles. The number of hydrogen-bond donors (Lipinski definition) is 1. The van der Waals surface area contributed by atoms with Gasteiger partial charge in [0.2, 0.25) is 0 Å². The van der Waals surface area contributed by atoms with Gasteiger partial charge in [0.05, 0.1) is 9.40 Å². The van der Waals surface area contributed by atoms with Gasteiger partial charge in [-0.05, 0) is 29.3 Å². The first-order valence-electron chi connectivity index (χ1n) is 5.26. The van der Waals surface area contributed by atoms with E-state index in [9.17, 15) is 14.3 Å². The predicted molar refractivity (Wildman–Crippen MR) is 75.2 cm³/mol. The van der Waals surface area contributed by atoms with Crippen molar-refractivity contribution in [2.24, 2.45) is 0 Å². The molecular formula is C10H14BrN3O3S. The SMILES string of the molecule is CC(CCS(C)=O)Nc1c(Br)cncc1[N+](=O)[O-]. The van der Waals surface area contributed by atoms with E-state index < -0.39 is 15.7 Å². The minimum Gasteiger partial charge on any atom is -0.376 e. The second-order valence-corrected chi connectivity index (χ2v) is 6.29. The normalized spacial score (nSPS) is 13.9. The second kappa shape index (κ2) is 6.79. The van der Waals surface area contributed by atoms with Gasteiger partial charge in [0.1, 0.15) is 11.9 Å². The third kappa shape index (κ3) is 4.34. The van der Waals surface area contributed by atoms with E-state index in [4.69, 9.17) is 0 Å². The summed E-state index contributed by atoms with van der Waals surface area (Å²) < 4.78 is 11.5. The minimum atomic E-state index is -0.862. The lowest BCUT2D eigenvalue weighted by atomic mass is 10.2. The molecule has 1 aromatic heterocycles. The zero-order chi connectivity index (χ0) is 13.7. The molecule has 0 radical (unpaired) electrons. The van der Waals surface area contributed by atoms with Gasteiger partial charge in [0.25, 0.3) is 0 Å². The molecule has 8 heteroatoms. The highest BCUT2D eigenvalue weighted by Crippen LogP contribution is 2.31. The quantitative estimate of drug-likeness (QED) is 0.636. The van der Waals surface area contributed by atoms with Crippen LogP contribution in [0.5, 0.6) is 0 Å². The van der Waals surface area contributed by atoms with E-state index in [0.29, 0.717) is 22.3 Å². The van der Waals surface area contributed by atoms with Crippen molar-refractivity contribution < 1.29 is 9.13 Å². The number of rotatable bonds is 6. The van der Waals surface area contributed by atoms with Gasteiger partial charge < -0.3 is 5.32 Å². The van der Waals surface area contributed by atoms with Crippen molar-refractivity contribution in [2.45, 2.75) is 19.4 Å². The minimum absolute atomic E-state index is 0.00806. The summed E-state index contributed by atoms with van der Waals surface area (Å²) >= 11 is 3.23. The summed E-state index contributed by atoms with van der Waals surface area (Å²) in [5.74, 6) is 0.560. The van der Waals surface area contributed by atoms with Crippen LogP contribution in [-0.4, -0.2) is 32.2 Å². The van der Waals surface area contributed by atoms with Crippen LogP contribution in [0.1, 0.15) is 13.3 Å². The van der Waals surface area contributed by atoms with Gasteiger partial charge in [-0.1, -0.05) is 0 Å². The number of nitrogens with zero attached hydrogens (tertiary/aromatic N) is 2. The van der Waals surface area contributed by atoms with Gasteiger partial charge in [0.15, 0.2) is 0 Å². The average molecular weight is 336 g/mol. The lowest BCUT2D eigenvalue weighted by Gasteiger charge is -2.15. The summed E-state index contributed by atoms with van der Waals surface area (Å²) in [5.41, 5.74) is 0.332. The Balaban J connectivity index is 2.83. The molecule has 1 N–H and O–H groups in total. The van der Waals surface area contributed by atoms with Gasteiger partial charge in [0, 0.05) is 35.0 Å². The van der Waals surface area contributed by atoms with E-state index in [2.05, 4.69) is 26.2 Å². The summed E-state index contributed by atoms with van der Waals surface area (Å²) in [4.78, 5) is 14.2. The Morgan fingerprint density at radius 3 is 2.83 bits per heavy atom. The molecule has 0 aliphatic carbocycles. The van der Waals surface area contributed by atoms with E-state index in [1.807, 2.05) is 6.92 Å². The summed E-state index contributed by atoms with van der Waals surface area (Å²) in [5, 5.41) is 13.9. The molecule has 1 aromatic rings. The Kier molecular flexibility index (Phi) is 5.67. The smallest absolute Gasteiger partial charge is 0.311 e. The lowest BCUT2D eigenvalue weighted by Crippen LogP contribution is -2.19. The molecule has 2 unspecified atom stereocenters. The third-order valence-electron chi connectivity index (χ3n) is 2.31. The molecule has 0 spiro atoms. The van der Waals surface area contributed by atoms with Crippen LogP contribution in [0.3, 0.4) is 0 Å². The first kappa shape index (κ1) is 15.0. The third-order valence-corrected chi connectivity index (χ3v) is 3.72. The molecule has 0 saturated carbocycles. The maximum Gasteiger partial charge on any atom is 0.311 e. The number of aromatic nitrogens is 1. The second-order valence-electron chi connectivity index (χ2n) is 3.88. The van der Waals surface area contributed by atoms with E-state index in [0.717, 1.165) is 0 Å². The van der Waals surface area contributed by atoms with E-state index >= 15 is 0 Å². The van der Waals surface area contributed by atoms with Crippen LogP contribution in [0.15, 0.2) is 16.9 Å². The Morgan fingerprint density at radius 1 is 1.61 bits per heavy atom. The Morgan fingerprint density at radius 2 is 2.28 bits per heavy atom. The number of nitrogens with one attached hydrogen (secondary N) is 1. The maximum atomic E-state index is 11.0. The molecule has 6 nitrogen and oxygen atoms in total. The fraction of sp³-hybridized carbons (Fsp3) is 0.500.